The number of esters is 1. The van der Waals surface area contributed by atoms with E-state index in [1.807, 2.05) is 29.2 Å². The van der Waals surface area contributed by atoms with E-state index in [-0.39, 0.29) is 18.6 Å². The van der Waals surface area contributed by atoms with Crippen LogP contribution < -0.4 is 0 Å². The highest BCUT2D eigenvalue weighted by Crippen LogP contribution is 2.21. The maximum absolute atomic E-state index is 12.3. The number of nitrogens with zero attached hydrogens (tertiary/aromatic N) is 1. The average molecular weight is 314 g/mol. The highest BCUT2D eigenvalue weighted by atomic mass is 16.5. The molecular weight excluding hydrogens is 292 g/mol. The molecule has 0 aliphatic carbocycles. The van der Waals surface area contributed by atoms with Crippen LogP contribution in [-0.2, 0) is 9.53 Å². The first kappa shape index (κ1) is 15.6. The van der Waals surface area contributed by atoms with Crippen LogP contribution in [0.5, 0.6) is 0 Å². The Hall–Kier alpha value is -2.30. The second-order valence-corrected chi connectivity index (χ2v) is 5.97. The normalized spacial score (nSPS) is 18.1. The standard InChI is InChI=1S/C18H22N2O3/c1-2-13-7-5-6-10-20(13)17(21)12-23-18(22)15-11-19-16-9-4-3-8-14(15)16/h3-4,8-9,11,13,19H,2,5-7,10,12H2,1H3/t13-/m1/s1. The number of ether oxygens (including phenoxy) is 1. The summed E-state index contributed by atoms with van der Waals surface area (Å²) in [5.74, 6) is -0.550. The molecule has 122 valence electrons. The molecule has 1 amide bonds. The maximum atomic E-state index is 12.3. The molecule has 1 atom stereocenters. The van der Waals surface area contributed by atoms with Crippen molar-refractivity contribution in [2.75, 3.05) is 13.2 Å². The number of para-hydroxylation sites is 1. The summed E-state index contributed by atoms with van der Waals surface area (Å²) in [4.78, 5) is 29.5. The van der Waals surface area contributed by atoms with Crippen LogP contribution in [0.2, 0.25) is 0 Å². The third-order valence-electron chi connectivity index (χ3n) is 4.55. The number of carbonyl (C=O) groups excluding carboxylic acids is 2. The second kappa shape index (κ2) is 6.86. The van der Waals surface area contributed by atoms with Gasteiger partial charge in [0, 0.05) is 29.7 Å². The molecule has 0 unspecified atom stereocenters. The molecular formula is C18H22N2O3. The highest BCUT2D eigenvalue weighted by Gasteiger charge is 2.26. The molecule has 3 rings (SSSR count). The molecule has 1 saturated heterocycles. The van der Waals surface area contributed by atoms with Crippen molar-refractivity contribution in [1.82, 2.24) is 9.88 Å². The lowest BCUT2D eigenvalue weighted by atomic mass is 10.00. The number of carbonyl (C=O) groups is 2. The fraction of sp³-hybridized carbons (Fsp3) is 0.444. The SMILES string of the molecule is CC[C@@H]1CCCCN1C(=O)COC(=O)c1c[nH]c2ccccc12. The van der Waals surface area contributed by atoms with E-state index in [4.69, 9.17) is 4.74 Å². The van der Waals surface area contributed by atoms with E-state index in [9.17, 15) is 9.59 Å². The monoisotopic (exact) mass is 314 g/mol. The molecule has 1 N–H and O–H groups in total. The predicted molar refractivity (Wildman–Crippen MR) is 88.2 cm³/mol. The van der Waals surface area contributed by atoms with Crippen LogP contribution in [0, 0.1) is 0 Å². The Balaban J connectivity index is 1.63. The molecule has 0 bridgehead atoms. The molecule has 1 fully saturated rings. The Kier molecular flexibility index (Phi) is 4.65. The molecule has 0 radical (unpaired) electrons. The number of rotatable bonds is 4. The van der Waals surface area contributed by atoms with Gasteiger partial charge in [-0.25, -0.2) is 4.79 Å². The summed E-state index contributed by atoms with van der Waals surface area (Å²) in [5.41, 5.74) is 1.35. The lowest BCUT2D eigenvalue weighted by Gasteiger charge is -2.35. The van der Waals surface area contributed by atoms with Crippen molar-refractivity contribution in [3.63, 3.8) is 0 Å². The van der Waals surface area contributed by atoms with Gasteiger partial charge >= 0.3 is 5.97 Å². The highest BCUT2D eigenvalue weighted by molar-refractivity contribution is 6.04. The Bertz CT molecular complexity index is 707. The zero-order chi connectivity index (χ0) is 16.2. The van der Waals surface area contributed by atoms with E-state index < -0.39 is 5.97 Å². The van der Waals surface area contributed by atoms with Crippen LogP contribution in [0.4, 0.5) is 0 Å². The number of piperidine rings is 1. The number of aromatic amines is 1. The van der Waals surface area contributed by atoms with Gasteiger partial charge in [-0.2, -0.15) is 0 Å². The number of likely N-dealkylation sites (tertiary alicyclic amines) is 1. The molecule has 2 heterocycles. The quantitative estimate of drug-likeness (QED) is 0.882. The van der Waals surface area contributed by atoms with Gasteiger partial charge in [-0.05, 0) is 31.7 Å². The van der Waals surface area contributed by atoms with Crippen LogP contribution in [-0.4, -0.2) is 41.0 Å². The van der Waals surface area contributed by atoms with Crippen LogP contribution in [0.3, 0.4) is 0 Å². The van der Waals surface area contributed by atoms with Gasteiger partial charge in [0.15, 0.2) is 6.61 Å². The first-order valence-corrected chi connectivity index (χ1v) is 8.23. The summed E-state index contributed by atoms with van der Waals surface area (Å²) in [6, 6.07) is 7.82. The third-order valence-corrected chi connectivity index (χ3v) is 4.55. The lowest BCUT2D eigenvalue weighted by molar-refractivity contribution is -0.138. The van der Waals surface area contributed by atoms with Crippen molar-refractivity contribution in [2.24, 2.45) is 0 Å². The van der Waals surface area contributed by atoms with Crippen molar-refractivity contribution in [3.8, 4) is 0 Å². The van der Waals surface area contributed by atoms with Crippen LogP contribution in [0.25, 0.3) is 10.9 Å². The number of nitrogens with one attached hydrogen (secondary N) is 1. The average Bonchev–Trinajstić information content (AvgIpc) is 3.03. The summed E-state index contributed by atoms with van der Waals surface area (Å²) in [7, 11) is 0. The number of fused-ring (bicyclic) bond motifs is 1. The summed E-state index contributed by atoms with van der Waals surface area (Å²) in [6.07, 6.45) is 5.81. The van der Waals surface area contributed by atoms with Gasteiger partial charge in [0.1, 0.15) is 0 Å². The van der Waals surface area contributed by atoms with Gasteiger partial charge in [0.2, 0.25) is 0 Å². The largest absolute Gasteiger partial charge is 0.452 e. The lowest BCUT2D eigenvalue weighted by Crippen LogP contribution is -2.45. The van der Waals surface area contributed by atoms with Crippen LogP contribution >= 0.6 is 0 Å². The molecule has 1 aliphatic rings. The maximum Gasteiger partial charge on any atom is 0.340 e. The Morgan fingerprint density at radius 3 is 2.96 bits per heavy atom. The van der Waals surface area contributed by atoms with Gasteiger partial charge in [0.05, 0.1) is 5.56 Å². The molecule has 1 aliphatic heterocycles. The van der Waals surface area contributed by atoms with E-state index in [1.165, 1.54) is 0 Å². The van der Waals surface area contributed by atoms with Crippen molar-refractivity contribution >= 4 is 22.8 Å². The minimum absolute atomic E-state index is 0.0928. The first-order chi connectivity index (χ1) is 11.2. The van der Waals surface area contributed by atoms with Gasteiger partial charge in [-0.3, -0.25) is 4.79 Å². The van der Waals surface area contributed by atoms with Crippen LogP contribution in [0.15, 0.2) is 30.5 Å². The minimum Gasteiger partial charge on any atom is -0.452 e. The van der Waals surface area contributed by atoms with Gasteiger partial charge in [-0.15, -0.1) is 0 Å². The molecule has 1 aromatic carbocycles. The topological polar surface area (TPSA) is 62.4 Å². The fourth-order valence-corrected chi connectivity index (χ4v) is 3.28. The zero-order valence-electron chi connectivity index (χ0n) is 13.4. The van der Waals surface area contributed by atoms with E-state index >= 15 is 0 Å². The number of hydrogen-bond acceptors (Lipinski definition) is 3. The van der Waals surface area contributed by atoms with Gasteiger partial charge in [0.25, 0.3) is 5.91 Å². The van der Waals surface area contributed by atoms with Gasteiger partial charge < -0.3 is 14.6 Å². The second-order valence-electron chi connectivity index (χ2n) is 5.97. The summed E-state index contributed by atoms with van der Waals surface area (Å²) in [6.45, 7) is 2.67. The van der Waals surface area contributed by atoms with Crippen molar-refractivity contribution in [3.05, 3.63) is 36.0 Å². The minimum atomic E-state index is -0.458. The van der Waals surface area contributed by atoms with Crippen molar-refractivity contribution in [2.45, 2.75) is 38.6 Å². The third kappa shape index (κ3) is 3.23. The van der Waals surface area contributed by atoms with E-state index in [2.05, 4.69) is 11.9 Å². The zero-order valence-corrected chi connectivity index (χ0v) is 13.4. The molecule has 0 spiro atoms. The van der Waals surface area contributed by atoms with E-state index in [0.29, 0.717) is 5.56 Å². The number of hydrogen-bond donors (Lipinski definition) is 1. The number of amides is 1. The fourth-order valence-electron chi connectivity index (χ4n) is 3.28. The molecule has 2 aromatic rings. The van der Waals surface area contributed by atoms with E-state index in [1.54, 1.807) is 6.20 Å². The van der Waals surface area contributed by atoms with E-state index in [0.717, 1.165) is 43.1 Å². The molecule has 1 aromatic heterocycles. The Morgan fingerprint density at radius 2 is 2.13 bits per heavy atom. The summed E-state index contributed by atoms with van der Waals surface area (Å²) < 4.78 is 5.25. The first-order valence-electron chi connectivity index (χ1n) is 8.23. The summed E-state index contributed by atoms with van der Waals surface area (Å²) >= 11 is 0. The van der Waals surface area contributed by atoms with Gasteiger partial charge in [-0.1, -0.05) is 25.1 Å². The van der Waals surface area contributed by atoms with Crippen molar-refractivity contribution in [1.29, 1.82) is 0 Å². The number of aromatic nitrogens is 1. The summed E-state index contributed by atoms with van der Waals surface area (Å²) in [5, 5.41) is 0.814. The van der Waals surface area contributed by atoms with Crippen molar-refractivity contribution < 1.29 is 14.3 Å². The Labute approximate surface area is 135 Å². The smallest absolute Gasteiger partial charge is 0.340 e. The molecule has 23 heavy (non-hydrogen) atoms. The van der Waals surface area contributed by atoms with Crippen LogP contribution in [0.1, 0.15) is 43.0 Å². The molecule has 0 saturated carbocycles. The predicted octanol–water partition coefficient (Wildman–Crippen LogP) is 3.12. The Morgan fingerprint density at radius 1 is 1.30 bits per heavy atom. The molecule has 5 nitrogen and oxygen atoms in total. The molecule has 5 heteroatoms. The number of benzene rings is 1. The number of H-pyrrole nitrogens is 1.